The van der Waals surface area contributed by atoms with Crippen LogP contribution in [0.2, 0.25) is 0 Å². The van der Waals surface area contributed by atoms with Gasteiger partial charge in [-0.25, -0.2) is 0 Å². The van der Waals surface area contributed by atoms with Gasteiger partial charge >= 0.3 is 0 Å². The minimum atomic E-state index is 0.465. The fourth-order valence-corrected chi connectivity index (χ4v) is 1.76. The highest BCUT2D eigenvalue weighted by Gasteiger charge is 2.20. The minimum Gasteiger partial charge on any atom is -0.294 e. The largest absolute Gasteiger partial charge is 0.294 e. The zero-order valence-corrected chi connectivity index (χ0v) is 7.27. The summed E-state index contributed by atoms with van der Waals surface area (Å²) >= 11 is 0. The van der Waals surface area contributed by atoms with Gasteiger partial charge in [0.1, 0.15) is 0 Å². The Hall–Kier alpha value is -1.11. The third-order valence-corrected chi connectivity index (χ3v) is 2.51. The summed E-state index contributed by atoms with van der Waals surface area (Å²) in [6, 6.07) is 11.1. The van der Waals surface area contributed by atoms with E-state index in [-0.39, 0.29) is 0 Å². The highest BCUT2D eigenvalue weighted by Crippen LogP contribution is 2.28. The topological polar surface area (TPSA) is 12.4 Å². The van der Waals surface area contributed by atoms with Crippen LogP contribution in [0.5, 0.6) is 0 Å². The molecule has 0 radical (unpaired) electrons. The molecule has 0 saturated carbocycles. The van der Waals surface area contributed by atoms with Crippen molar-refractivity contribution in [1.29, 1.82) is 0 Å². The van der Waals surface area contributed by atoms with Gasteiger partial charge in [0.2, 0.25) is 0 Å². The smallest absolute Gasteiger partial charge is 0.0539 e. The summed E-state index contributed by atoms with van der Waals surface area (Å²) in [5.41, 5.74) is 1.42. The molecule has 0 spiro atoms. The summed E-state index contributed by atoms with van der Waals surface area (Å²) in [5.74, 6) is 0.617. The molecule has 1 aromatic carbocycles. The maximum Gasteiger partial charge on any atom is 0.0539 e. The fraction of sp³-hybridized carbons (Fsp3) is 0.364. The number of benzene rings is 1. The van der Waals surface area contributed by atoms with Gasteiger partial charge in [0, 0.05) is 5.92 Å². The maximum atomic E-state index is 4.37. The number of aliphatic imine (C=N–C) groups is 1. The molecule has 0 aliphatic carbocycles. The van der Waals surface area contributed by atoms with Crippen LogP contribution < -0.4 is 0 Å². The van der Waals surface area contributed by atoms with Crippen molar-refractivity contribution in [3.63, 3.8) is 0 Å². The second-order valence-corrected chi connectivity index (χ2v) is 3.33. The Bertz CT molecular complexity index is 276. The lowest BCUT2D eigenvalue weighted by Gasteiger charge is -2.13. The van der Waals surface area contributed by atoms with Crippen molar-refractivity contribution < 1.29 is 0 Å². The van der Waals surface area contributed by atoms with E-state index in [2.05, 4.69) is 42.2 Å². The highest BCUT2D eigenvalue weighted by molar-refractivity contribution is 5.62. The standard InChI is InChI=1S/C11H13N/c1-9-11(7-8-12-9)10-5-3-2-4-6-10/h2-6,8-9,11H,7H2,1H3. The van der Waals surface area contributed by atoms with Gasteiger partial charge < -0.3 is 0 Å². The van der Waals surface area contributed by atoms with E-state index < -0.39 is 0 Å². The summed E-state index contributed by atoms with van der Waals surface area (Å²) in [7, 11) is 0. The van der Waals surface area contributed by atoms with E-state index in [4.69, 9.17) is 0 Å². The Kier molecular flexibility index (Phi) is 1.94. The maximum absolute atomic E-state index is 4.37. The molecule has 2 rings (SSSR count). The van der Waals surface area contributed by atoms with Crippen LogP contribution in [0.4, 0.5) is 0 Å². The molecule has 0 amide bonds. The van der Waals surface area contributed by atoms with Gasteiger partial charge in [-0.15, -0.1) is 0 Å². The van der Waals surface area contributed by atoms with E-state index in [9.17, 15) is 0 Å². The van der Waals surface area contributed by atoms with Crippen LogP contribution in [0.25, 0.3) is 0 Å². The van der Waals surface area contributed by atoms with Crippen molar-refractivity contribution in [2.75, 3.05) is 0 Å². The number of hydrogen-bond acceptors (Lipinski definition) is 1. The van der Waals surface area contributed by atoms with Crippen LogP contribution in [0.3, 0.4) is 0 Å². The van der Waals surface area contributed by atoms with Crippen molar-refractivity contribution in [3.8, 4) is 0 Å². The van der Waals surface area contributed by atoms with E-state index in [0.717, 1.165) is 6.42 Å². The monoisotopic (exact) mass is 159 g/mol. The van der Waals surface area contributed by atoms with Crippen LogP contribution in [-0.2, 0) is 0 Å². The normalized spacial score (nSPS) is 27.8. The second-order valence-electron chi connectivity index (χ2n) is 3.33. The fourth-order valence-electron chi connectivity index (χ4n) is 1.76. The molecule has 0 fully saturated rings. The molecule has 0 saturated heterocycles. The molecule has 2 unspecified atom stereocenters. The first-order valence-corrected chi connectivity index (χ1v) is 4.44. The van der Waals surface area contributed by atoms with Crippen LogP contribution in [-0.4, -0.2) is 12.3 Å². The molecule has 62 valence electrons. The van der Waals surface area contributed by atoms with E-state index in [1.54, 1.807) is 0 Å². The van der Waals surface area contributed by atoms with Crippen molar-refractivity contribution in [1.82, 2.24) is 0 Å². The van der Waals surface area contributed by atoms with Crippen LogP contribution >= 0.6 is 0 Å². The van der Waals surface area contributed by atoms with Gasteiger partial charge in [-0.05, 0) is 25.1 Å². The van der Waals surface area contributed by atoms with Crippen molar-refractivity contribution in [2.45, 2.75) is 25.3 Å². The Labute approximate surface area is 73.1 Å². The van der Waals surface area contributed by atoms with E-state index >= 15 is 0 Å². The molecule has 1 aliphatic heterocycles. The lowest BCUT2D eigenvalue weighted by molar-refractivity contribution is 0.629. The summed E-state index contributed by atoms with van der Waals surface area (Å²) in [6.45, 7) is 2.18. The molecule has 1 aliphatic rings. The molecule has 0 aromatic heterocycles. The number of rotatable bonds is 1. The Morgan fingerprint density at radius 2 is 2.00 bits per heavy atom. The van der Waals surface area contributed by atoms with Crippen LogP contribution in [0.15, 0.2) is 35.3 Å². The molecule has 1 aromatic rings. The van der Waals surface area contributed by atoms with Crippen LogP contribution in [0.1, 0.15) is 24.8 Å². The summed E-state index contributed by atoms with van der Waals surface area (Å²) in [5, 5.41) is 0. The molecule has 2 atom stereocenters. The molecule has 1 heteroatoms. The first-order valence-electron chi connectivity index (χ1n) is 4.44. The van der Waals surface area contributed by atoms with Gasteiger partial charge in [0.25, 0.3) is 0 Å². The molecular formula is C11H13N. The quantitative estimate of drug-likeness (QED) is 0.597. The SMILES string of the molecule is CC1N=CCC1c1ccccc1. The van der Waals surface area contributed by atoms with E-state index in [0.29, 0.717) is 12.0 Å². The number of hydrogen-bond donors (Lipinski definition) is 0. The van der Waals surface area contributed by atoms with Crippen molar-refractivity contribution in [3.05, 3.63) is 35.9 Å². The summed E-state index contributed by atoms with van der Waals surface area (Å²) in [6.07, 6.45) is 3.15. The first kappa shape index (κ1) is 7.53. The van der Waals surface area contributed by atoms with E-state index in [1.165, 1.54) is 5.56 Å². The number of nitrogens with zero attached hydrogens (tertiary/aromatic N) is 1. The third kappa shape index (κ3) is 1.27. The van der Waals surface area contributed by atoms with Gasteiger partial charge in [0.15, 0.2) is 0 Å². The zero-order chi connectivity index (χ0) is 8.39. The Morgan fingerprint density at radius 1 is 1.25 bits per heavy atom. The predicted octanol–water partition coefficient (Wildman–Crippen LogP) is 2.63. The summed E-state index contributed by atoms with van der Waals surface area (Å²) < 4.78 is 0. The molecule has 0 N–H and O–H groups in total. The molecule has 12 heavy (non-hydrogen) atoms. The van der Waals surface area contributed by atoms with Gasteiger partial charge in [0.05, 0.1) is 6.04 Å². The first-order chi connectivity index (χ1) is 5.88. The highest BCUT2D eigenvalue weighted by atomic mass is 14.8. The Morgan fingerprint density at radius 3 is 2.58 bits per heavy atom. The summed E-state index contributed by atoms with van der Waals surface area (Å²) in [4.78, 5) is 4.37. The third-order valence-electron chi connectivity index (χ3n) is 2.51. The second kappa shape index (κ2) is 3.10. The zero-order valence-electron chi connectivity index (χ0n) is 7.27. The van der Waals surface area contributed by atoms with Crippen molar-refractivity contribution in [2.24, 2.45) is 4.99 Å². The molecule has 0 bridgehead atoms. The van der Waals surface area contributed by atoms with Gasteiger partial charge in [-0.2, -0.15) is 0 Å². The van der Waals surface area contributed by atoms with E-state index in [1.807, 2.05) is 6.21 Å². The van der Waals surface area contributed by atoms with Crippen LogP contribution in [0, 0.1) is 0 Å². The average Bonchev–Trinajstić information content (AvgIpc) is 2.53. The average molecular weight is 159 g/mol. The van der Waals surface area contributed by atoms with Crippen molar-refractivity contribution >= 4 is 6.21 Å². The minimum absolute atomic E-state index is 0.465. The molecule has 1 nitrogen and oxygen atoms in total. The van der Waals surface area contributed by atoms with Gasteiger partial charge in [-0.3, -0.25) is 4.99 Å². The molecular weight excluding hydrogens is 146 g/mol. The lowest BCUT2D eigenvalue weighted by atomic mass is 9.93. The van der Waals surface area contributed by atoms with Gasteiger partial charge in [-0.1, -0.05) is 30.3 Å². The molecule has 1 heterocycles. The predicted molar refractivity (Wildman–Crippen MR) is 51.8 cm³/mol. The lowest BCUT2D eigenvalue weighted by Crippen LogP contribution is -2.07. The Balaban J connectivity index is 2.22.